The summed E-state index contributed by atoms with van der Waals surface area (Å²) in [5.41, 5.74) is 0. The Hall–Kier alpha value is 1.52. The number of hydrogen-bond acceptors (Lipinski definition) is 2. The van der Waals surface area contributed by atoms with E-state index in [-0.39, 0.29) is 21.1 Å². The van der Waals surface area contributed by atoms with E-state index in [2.05, 4.69) is 27.7 Å². The molecule has 0 saturated heterocycles. The molecule has 0 saturated carbocycles. The van der Waals surface area contributed by atoms with Gasteiger partial charge in [0.15, 0.2) is 0 Å². The SMILES string of the molecule is CCC[CH2][Sn]([CH2]CCC)([O]C)[O]C.CCC[CH2][Sn][CH2]CCC. The first-order chi connectivity index (χ1) is 10.7. The molecule has 0 spiro atoms. The second-order valence-corrected chi connectivity index (χ2v) is 20.6. The Morgan fingerprint density at radius 3 is 1.27 bits per heavy atom. The van der Waals surface area contributed by atoms with Gasteiger partial charge in [-0.1, -0.05) is 0 Å². The van der Waals surface area contributed by atoms with E-state index >= 15 is 0 Å². The van der Waals surface area contributed by atoms with Gasteiger partial charge in [0, 0.05) is 0 Å². The Labute approximate surface area is 156 Å². The standard InChI is InChI=1S/4C4H9.2CH3O.2Sn/c4*1-3-4-2;2*1-2;;/h4*1,3-4H2,2H3;2*1H3;;/q;;;;2*-1;;+2. The predicted octanol–water partition coefficient (Wildman–Crippen LogP) is 6.45. The van der Waals surface area contributed by atoms with Crippen LogP contribution in [0.25, 0.3) is 0 Å². The van der Waals surface area contributed by atoms with Gasteiger partial charge in [-0.3, -0.25) is 0 Å². The normalized spacial score (nSPS) is 11.2. The van der Waals surface area contributed by atoms with Gasteiger partial charge in [0.1, 0.15) is 0 Å². The number of unbranched alkanes of at least 4 members (excludes halogenated alkanes) is 4. The molecule has 0 atom stereocenters. The first kappa shape index (κ1) is 25.8. The molecular formula is C18H42O2Sn2. The van der Waals surface area contributed by atoms with Crippen LogP contribution in [0.5, 0.6) is 0 Å². The van der Waals surface area contributed by atoms with E-state index in [1.807, 2.05) is 14.2 Å². The van der Waals surface area contributed by atoms with Gasteiger partial charge in [-0.15, -0.1) is 0 Å². The Bertz CT molecular complexity index is 182. The van der Waals surface area contributed by atoms with Crippen molar-refractivity contribution in [3.05, 3.63) is 0 Å². The van der Waals surface area contributed by atoms with E-state index in [4.69, 9.17) is 6.15 Å². The van der Waals surface area contributed by atoms with Crippen molar-refractivity contribution in [1.82, 2.24) is 0 Å². The van der Waals surface area contributed by atoms with Crippen molar-refractivity contribution >= 4 is 40.3 Å². The molecule has 0 amide bonds. The van der Waals surface area contributed by atoms with Gasteiger partial charge in [-0.25, -0.2) is 0 Å². The monoisotopic (exact) mass is 530 g/mol. The third kappa shape index (κ3) is 16.4. The van der Waals surface area contributed by atoms with Crippen LogP contribution in [0.4, 0.5) is 0 Å². The van der Waals surface area contributed by atoms with Crippen molar-refractivity contribution in [2.24, 2.45) is 0 Å². The van der Waals surface area contributed by atoms with Crippen molar-refractivity contribution in [3.8, 4) is 0 Å². The fourth-order valence-corrected chi connectivity index (χ4v) is 15.0. The molecule has 0 N–H and O–H groups in total. The van der Waals surface area contributed by atoms with Gasteiger partial charge >= 0.3 is 158 Å². The fourth-order valence-electron chi connectivity index (χ4n) is 2.24. The van der Waals surface area contributed by atoms with Crippen LogP contribution in [0.2, 0.25) is 17.7 Å². The molecule has 0 aliphatic carbocycles. The minimum absolute atomic E-state index is 0.149. The van der Waals surface area contributed by atoms with Gasteiger partial charge in [-0.05, 0) is 0 Å². The zero-order chi connectivity index (χ0) is 17.1. The zero-order valence-corrected chi connectivity index (χ0v) is 22.0. The van der Waals surface area contributed by atoms with Crippen molar-refractivity contribution < 1.29 is 6.15 Å². The Kier molecular flexibility index (Phi) is 24.1. The first-order valence-electron chi connectivity index (χ1n) is 9.47. The fraction of sp³-hybridized carbons (Fsp3) is 1.00. The molecule has 0 aliphatic rings. The summed E-state index contributed by atoms with van der Waals surface area (Å²) in [5.74, 6) is 0. The second kappa shape index (κ2) is 20.6. The van der Waals surface area contributed by atoms with Gasteiger partial charge < -0.3 is 0 Å². The van der Waals surface area contributed by atoms with Crippen molar-refractivity contribution in [1.29, 1.82) is 0 Å². The second-order valence-electron chi connectivity index (χ2n) is 5.98. The maximum atomic E-state index is 5.68. The summed E-state index contributed by atoms with van der Waals surface area (Å²) < 4.78 is 17.0. The molecule has 2 radical (unpaired) electrons. The van der Waals surface area contributed by atoms with Crippen molar-refractivity contribution in [2.75, 3.05) is 14.2 Å². The molecule has 0 aromatic carbocycles. The predicted molar refractivity (Wildman–Crippen MR) is 104 cm³/mol. The van der Waals surface area contributed by atoms with E-state index in [1.54, 1.807) is 8.87 Å². The molecule has 0 bridgehead atoms. The molecule has 0 unspecified atom stereocenters. The van der Waals surface area contributed by atoms with Crippen LogP contribution in [0.1, 0.15) is 79.1 Å². The molecule has 0 aromatic rings. The van der Waals surface area contributed by atoms with E-state index in [1.165, 1.54) is 60.2 Å². The molecule has 0 heterocycles. The summed E-state index contributed by atoms with van der Waals surface area (Å²) in [6.07, 6.45) is 10.9. The Balaban J connectivity index is 0. The minimum atomic E-state index is -2.54. The summed E-state index contributed by atoms with van der Waals surface area (Å²) in [6, 6.07) is 0. The average molecular weight is 528 g/mol. The van der Waals surface area contributed by atoms with Crippen LogP contribution in [-0.2, 0) is 6.15 Å². The molecular weight excluding hydrogens is 486 g/mol. The number of rotatable bonds is 14. The zero-order valence-electron chi connectivity index (χ0n) is 16.3. The van der Waals surface area contributed by atoms with Gasteiger partial charge in [0.2, 0.25) is 0 Å². The van der Waals surface area contributed by atoms with Crippen LogP contribution >= 0.6 is 0 Å². The molecule has 4 heteroatoms. The van der Waals surface area contributed by atoms with Crippen LogP contribution in [0, 0.1) is 0 Å². The quantitative estimate of drug-likeness (QED) is 0.191. The molecule has 0 aromatic heterocycles. The summed E-state index contributed by atoms with van der Waals surface area (Å²) in [7, 11) is 3.68. The van der Waals surface area contributed by atoms with E-state index < -0.39 is 19.2 Å². The summed E-state index contributed by atoms with van der Waals surface area (Å²) in [4.78, 5) is 0. The van der Waals surface area contributed by atoms with Gasteiger partial charge in [-0.2, -0.15) is 0 Å². The summed E-state index contributed by atoms with van der Waals surface area (Å²) in [6.45, 7) is 9.03. The maximum absolute atomic E-state index is 5.68. The van der Waals surface area contributed by atoms with Crippen LogP contribution in [-0.4, -0.2) is 54.6 Å². The summed E-state index contributed by atoms with van der Waals surface area (Å²) >= 11 is -2.39. The topological polar surface area (TPSA) is 18.5 Å². The molecule has 0 aliphatic heterocycles. The van der Waals surface area contributed by atoms with Crippen molar-refractivity contribution in [2.45, 2.75) is 96.8 Å². The van der Waals surface area contributed by atoms with Crippen molar-refractivity contribution in [3.63, 3.8) is 0 Å². The molecule has 134 valence electrons. The van der Waals surface area contributed by atoms with Gasteiger partial charge in [0.05, 0.1) is 0 Å². The van der Waals surface area contributed by atoms with E-state index in [0.29, 0.717) is 0 Å². The van der Waals surface area contributed by atoms with E-state index in [9.17, 15) is 0 Å². The van der Waals surface area contributed by atoms with E-state index in [0.717, 1.165) is 0 Å². The first-order valence-corrected chi connectivity index (χ1v) is 19.9. The third-order valence-electron chi connectivity index (χ3n) is 3.98. The van der Waals surface area contributed by atoms with Gasteiger partial charge in [0.25, 0.3) is 0 Å². The average Bonchev–Trinajstić information content (AvgIpc) is 2.56. The van der Waals surface area contributed by atoms with Crippen LogP contribution < -0.4 is 0 Å². The van der Waals surface area contributed by atoms with Crippen LogP contribution in [0.15, 0.2) is 0 Å². The molecule has 0 rings (SSSR count). The Morgan fingerprint density at radius 1 is 0.636 bits per heavy atom. The third-order valence-corrected chi connectivity index (χ3v) is 18.6. The molecule has 22 heavy (non-hydrogen) atoms. The molecule has 0 fully saturated rings. The molecule has 2 nitrogen and oxygen atoms in total. The summed E-state index contributed by atoms with van der Waals surface area (Å²) in [5, 5.41) is 0. The number of hydrogen-bond donors (Lipinski definition) is 0. The van der Waals surface area contributed by atoms with Crippen LogP contribution in [0.3, 0.4) is 0 Å². The Morgan fingerprint density at radius 2 is 1.00 bits per heavy atom.